The highest BCUT2D eigenvalue weighted by molar-refractivity contribution is 7.98. The summed E-state index contributed by atoms with van der Waals surface area (Å²) in [6, 6.07) is 13.6. The zero-order valence-electron chi connectivity index (χ0n) is 14.9. The third-order valence-corrected chi connectivity index (χ3v) is 5.21. The quantitative estimate of drug-likeness (QED) is 0.536. The van der Waals surface area contributed by atoms with Crippen LogP contribution < -0.4 is 9.47 Å². The van der Waals surface area contributed by atoms with E-state index in [1.54, 1.807) is 26.0 Å². The normalized spacial score (nSPS) is 10.8. The Morgan fingerprint density at radius 3 is 2.23 bits per heavy atom. The maximum absolute atomic E-state index is 5.94. The Labute approximate surface area is 162 Å². The molecule has 1 aromatic heterocycles. The molecule has 0 unspecified atom stereocenters. The maximum Gasteiger partial charge on any atom is 0.191 e. The van der Waals surface area contributed by atoms with Crippen LogP contribution in [0.4, 0.5) is 0 Å². The average molecular weight is 390 g/mol. The van der Waals surface area contributed by atoms with Gasteiger partial charge in [0.2, 0.25) is 0 Å². The van der Waals surface area contributed by atoms with E-state index in [1.165, 1.54) is 5.56 Å². The molecule has 0 N–H and O–H groups in total. The summed E-state index contributed by atoms with van der Waals surface area (Å²) in [5.74, 6) is 3.04. The molecular weight excluding hydrogens is 370 g/mol. The first-order valence-corrected chi connectivity index (χ1v) is 9.54. The number of hydrogen-bond donors (Lipinski definition) is 0. The van der Waals surface area contributed by atoms with E-state index in [2.05, 4.69) is 21.7 Å². The van der Waals surface area contributed by atoms with Crippen LogP contribution in [-0.4, -0.2) is 29.0 Å². The summed E-state index contributed by atoms with van der Waals surface area (Å²) >= 11 is 7.59. The van der Waals surface area contributed by atoms with Crippen molar-refractivity contribution in [2.75, 3.05) is 14.2 Å². The van der Waals surface area contributed by atoms with Crippen molar-refractivity contribution in [3.8, 4) is 22.9 Å². The third-order valence-electron chi connectivity index (χ3n) is 3.92. The number of nitrogens with zero attached hydrogens (tertiary/aromatic N) is 3. The first-order valence-electron chi connectivity index (χ1n) is 8.18. The van der Waals surface area contributed by atoms with Crippen LogP contribution in [0.2, 0.25) is 5.02 Å². The Morgan fingerprint density at radius 2 is 1.65 bits per heavy atom. The molecule has 0 aliphatic carbocycles. The Kier molecular flexibility index (Phi) is 6.06. The molecule has 3 rings (SSSR count). The molecule has 2 aromatic carbocycles. The van der Waals surface area contributed by atoms with Gasteiger partial charge in [-0.05, 0) is 36.8 Å². The van der Waals surface area contributed by atoms with Crippen LogP contribution in [0.1, 0.15) is 12.5 Å². The number of aromatic nitrogens is 3. The molecule has 0 aliphatic heterocycles. The van der Waals surface area contributed by atoms with Crippen LogP contribution in [0, 0.1) is 0 Å². The second-order valence-electron chi connectivity index (χ2n) is 5.57. The van der Waals surface area contributed by atoms with Crippen LogP contribution in [0.3, 0.4) is 0 Å². The highest BCUT2D eigenvalue weighted by Gasteiger charge is 2.15. The van der Waals surface area contributed by atoms with Gasteiger partial charge in [-0.1, -0.05) is 35.5 Å². The van der Waals surface area contributed by atoms with E-state index in [9.17, 15) is 0 Å². The highest BCUT2D eigenvalue weighted by atomic mass is 35.5. The molecule has 0 radical (unpaired) electrons. The van der Waals surface area contributed by atoms with Gasteiger partial charge in [-0.2, -0.15) is 0 Å². The van der Waals surface area contributed by atoms with Crippen molar-refractivity contribution in [1.82, 2.24) is 14.8 Å². The molecule has 0 atom stereocenters. The molecule has 0 spiro atoms. The second kappa shape index (κ2) is 8.47. The van der Waals surface area contributed by atoms with Gasteiger partial charge in [0.05, 0.1) is 14.2 Å². The van der Waals surface area contributed by atoms with E-state index in [0.717, 1.165) is 45.4 Å². The molecule has 7 heteroatoms. The predicted molar refractivity (Wildman–Crippen MR) is 105 cm³/mol. The number of halogens is 1. The molecule has 0 saturated carbocycles. The van der Waals surface area contributed by atoms with Crippen molar-refractivity contribution in [2.45, 2.75) is 24.4 Å². The lowest BCUT2D eigenvalue weighted by Crippen LogP contribution is -2.00. The van der Waals surface area contributed by atoms with Crippen LogP contribution >= 0.6 is 23.4 Å². The first-order chi connectivity index (χ1) is 12.6. The summed E-state index contributed by atoms with van der Waals surface area (Å²) < 4.78 is 12.8. The van der Waals surface area contributed by atoms with Gasteiger partial charge >= 0.3 is 0 Å². The van der Waals surface area contributed by atoms with E-state index in [1.807, 2.05) is 42.5 Å². The number of ether oxygens (including phenoxy) is 2. The maximum atomic E-state index is 5.94. The lowest BCUT2D eigenvalue weighted by Gasteiger charge is -2.10. The molecule has 5 nitrogen and oxygen atoms in total. The average Bonchev–Trinajstić information content (AvgIpc) is 3.10. The van der Waals surface area contributed by atoms with Crippen LogP contribution in [-0.2, 0) is 12.3 Å². The molecule has 1 heterocycles. The number of hydrogen-bond acceptors (Lipinski definition) is 5. The molecule has 0 fully saturated rings. The summed E-state index contributed by atoms with van der Waals surface area (Å²) in [7, 11) is 3.27. The summed E-state index contributed by atoms with van der Waals surface area (Å²) in [5, 5.41) is 10.4. The third kappa shape index (κ3) is 4.14. The summed E-state index contributed by atoms with van der Waals surface area (Å²) in [6.45, 7) is 2.85. The largest absolute Gasteiger partial charge is 0.497 e. The van der Waals surface area contributed by atoms with Crippen molar-refractivity contribution in [3.05, 3.63) is 53.1 Å². The van der Waals surface area contributed by atoms with E-state index >= 15 is 0 Å². The number of methoxy groups -OCH3 is 2. The summed E-state index contributed by atoms with van der Waals surface area (Å²) in [5.41, 5.74) is 2.10. The molecule has 0 bridgehead atoms. The second-order valence-corrected chi connectivity index (χ2v) is 6.95. The fraction of sp³-hybridized carbons (Fsp3) is 0.263. The van der Waals surface area contributed by atoms with Gasteiger partial charge in [-0.3, -0.25) is 0 Å². The van der Waals surface area contributed by atoms with Crippen molar-refractivity contribution in [1.29, 1.82) is 0 Å². The summed E-state index contributed by atoms with van der Waals surface area (Å²) in [6.07, 6.45) is 0. The Balaban J connectivity index is 1.87. The van der Waals surface area contributed by atoms with E-state index in [-0.39, 0.29) is 0 Å². The standard InChI is InChI=1S/C19H20ClN3O2S/c1-4-23-18(14-9-16(24-2)11-17(10-14)25-3)21-22-19(23)26-12-13-5-7-15(20)8-6-13/h5-11H,4,12H2,1-3H3. The van der Waals surface area contributed by atoms with Gasteiger partial charge in [0.1, 0.15) is 11.5 Å². The van der Waals surface area contributed by atoms with Gasteiger partial charge < -0.3 is 14.0 Å². The molecule has 0 saturated heterocycles. The minimum absolute atomic E-state index is 0.723. The molecule has 136 valence electrons. The van der Waals surface area contributed by atoms with Gasteiger partial charge in [0.15, 0.2) is 11.0 Å². The van der Waals surface area contributed by atoms with Gasteiger partial charge in [-0.15, -0.1) is 10.2 Å². The van der Waals surface area contributed by atoms with Crippen molar-refractivity contribution in [2.24, 2.45) is 0 Å². The highest BCUT2D eigenvalue weighted by Crippen LogP contribution is 2.31. The minimum atomic E-state index is 0.723. The van der Waals surface area contributed by atoms with Crippen molar-refractivity contribution in [3.63, 3.8) is 0 Å². The molecule has 26 heavy (non-hydrogen) atoms. The monoisotopic (exact) mass is 389 g/mol. The minimum Gasteiger partial charge on any atom is -0.497 e. The smallest absolute Gasteiger partial charge is 0.191 e. The van der Waals surface area contributed by atoms with Crippen LogP contribution in [0.5, 0.6) is 11.5 Å². The van der Waals surface area contributed by atoms with Gasteiger partial charge in [0.25, 0.3) is 0 Å². The molecule has 0 amide bonds. The molecule has 0 aliphatic rings. The lowest BCUT2D eigenvalue weighted by atomic mass is 10.2. The van der Waals surface area contributed by atoms with Crippen LogP contribution in [0.25, 0.3) is 11.4 Å². The zero-order chi connectivity index (χ0) is 18.5. The Morgan fingerprint density at radius 1 is 1.00 bits per heavy atom. The SMILES string of the molecule is CCn1c(SCc2ccc(Cl)cc2)nnc1-c1cc(OC)cc(OC)c1. The molecular formula is C19H20ClN3O2S. The number of thioether (sulfide) groups is 1. The Bertz CT molecular complexity index is 859. The van der Waals surface area contributed by atoms with E-state index in [0.29, 0.717) is 0 Å². The van der Waals surface area contributed by atoms with Gasteiger partial charge in [-0.25, -0.2) is 0 Å². The zero-order valence-corrected chi connectivity index (χ0v) is 16.5. The molecule has 3 aromatic rings. The van der Waals surface area contributed by atoms with E-state index in [4.69, 9.17) is 21.1 Å². The predicted octanol–water partition coefficient (Wildman–Crippen LogP) is 4.93. The fourth-order valence-corrected chi connectivity index (χ4v) is 3.64. The lowest BCUT2D eigenvalue weighted by molar-refractivity contribution is 0.394. The summed E-state index contributed by atoms with van der Waals surface area (Å²) in [4.78, 5) is 0. The first kappa shape index (κ1) is 18.6. The van der Waals surface area contributed by atoms with Crippen molar-refractivity contribution >= 4 is 23.4 Å². The van der Waals surface area contributed by atoms with Gasteiger partial charge in [0, 0.05) is 29.0 Å². The van der Waals surface area contributed by atoms with E-state index < -0.39 is 0 Å². The topological polar surface area (TPSA) is 49.2 Å². The number of rotatable bonds is 7. The van der Waals surface area contributed by atoms with Crippen molar-refractivity contribution < 1.29 is 9.47 Å². The number of benzene rings is 2. The fourth-order valence-electron chi connectivity index (χ4n) is 2.56. The Hall–Kier alpha value is -2.18. The van der Waals surface area contributed by atoms with Crippen LogP contribution in [0.15, 0.2) is 47.6 Å².